The van der Waals surface area contributed by atoms with Crippen molar-refractivity contribution in [3.63, 3.8) is 0 Å². The van der Waals surface area contributed by atoms with Gasteiger partial charge in [0.15, 0.2) is 0 Å². The summed E-state index contributed by atoms with van der Waals surface area (Å²) in [5, 5.41) is 0. The van der Waals surface area contributed by atoms with E-state index < -0.39 is 28.2 Å². The Bertz CT molecular complexity index is 1210. The van der Waals surface area contributed by atoms with Crippen LogP contribution in [0.3, 0.4) is 0 Å². The van der Waals surface area contributed by atoms with Crippen molar-refractivity contribution in [2.45, 2.75) is 76.4 Å². The molecule has 1 amide bonds. The molecule has 1 saturated heterocycles. The molecule has 212 valence electrons. The molecule has 3 atom stereocenters. The fraction of sp³-hybridized carbons (Fsp3) is 0.517. The van der Waals surface area contributed by atoms with Gasteiger partial charge in [-0.1, -0.05) is 42.5 Å². The van der Waals surface area contributed by atoms with Crippen molar-refractivity contribution in [1.29, 1.82) is 0 Å². The smallest absolute Gasteiger partial charge is 0.410 e. The van der Waals surface area contributed by atoms with E-state index in [1.165, 1.54) is 10.6 Å². The van der Waals surface area contributed by atoms with Crippen LogP contribution in [0.2, 0.25) is 0 Å². The van der Waals surface area contributed by atoms with Crippen LogP contribution in [0.1, 0.15) is 50.2 Å². The molecule has 9 nitrogen and oxygen atoms in total. The number of Topliss-reactive ketones (excluding diaryl/α,β-unsaturated/α-hetero) is 1. The van der Waals surface area contributed by atoms with E-state index in [0.717, 1.165) is 11.1 Å². The molecule has 1 aliphatic heterocycles. The highest BCUT2D eigenvalue weighted by Gasteiger charge is 2.48. The Balaban J connectivity index is 1.57. The second kappa shape index (κ2) is 12.9. The Morgan fingerprint density at radius 1 is 1.03 bits per heavy atom. The first-order chi connectivity index (χ1) is 18.7. The summed E-state index contributed by atoms with van der Waals surface area (Å²) < 4.78 is 44.9. The summed E-state index contributed by atoms with van der Waals surface area (Å²) in [7, 11) is -2.07. The molecule has 2 fully saturated rings. The maximum absolute atomic E-state index is 13.4. The Hall–Kier alpha value is -2.95. The van der Waals surface area contributed by atoms with Crippen LogP contribution in [-0.4, -0.2) is 73.7 Å². The minimum atomic E-state index is -3.65. The molecule has 1 aliphatic carbocycles. The molecule has 2 aromatic rings. The van der Waals surface area contributed by atoms with Crippen LogP contribution < -0.4 is 4.74 Å². The fourth-order valence-corrected chi connectivity index (χ4v) is 6.55. The van der Waals surface area contributed by atoms with Crippen LogP contribution >= 0.6 is 0 Å². The van der Waals surface area contributed by atoms with Gasteiger partial charge in [-0.2, -0.15) is 4.31 Å². The average molecular weight is 559 g/mol. The summed E-state index contributed by atoms with van der Waals surface area (Å²) in [6.45, 7) is 2.34. The van der Waals surface area contributed by atoms with E-state index in [4.69, 9.17) is 14.2 Å². The first-order valence-electron chi connectivity index (χ1n) is 13.4. The fourth-order valence-electron chi connectivity index (χ4n) is 5.45. The quantitative estimate of drug-likeness (QED) is 0.432. The lowest BCUT2D eigenvalue weighted by atomic mass is 9.96. The zero-order valence-electron chi connectivity index (χ0n) is 22.8. The second-order valence-electron chi connectivity index (χ2n) is 10.4. The van der Waals surface area contributed by atoms with E-state index >= 15 is 0 Å². The number of methoxy groups -OCH3 is 1. The number of carbonyl (C=O) groups is 2. The molecular formula is C29H38N2O7S. The number of hydrogen-bond acceptors (Lipinski definition) is 7. The van der Waals surface area contributed by atoms with Crippen molar-refractivity contribution >= 4 is 21.9 Å². The zero-order chi connectivity index (χ0) is 28.0. The highest BCUT2D eigenvalue weighted by molar-refractivity contribution is 7.88. The number of ketones is 1. The molecule has 0 radical (unpaired) electrons. The summed E-state index contributed by atoms with van der Waals surface area (Å²) in [6.07, 6.45) is 3.25. The number of hydrogen-bond donors (Lipinski definition) is 0. The predicted octanol–water partition coefficient (Wildman–Crippen LogP) is 4.15. The van der Waals surface area contributed by atoms with Crippen molar-refractivity contribution in [2.75, 3.05) is 20.0 Å². The van der Waals surface area contributed by atoms with E-state index in [2.05, 4.69) is 0 Å². The maximum atomic E-state index is 13.4. The first-order valence-corrected chi connectivity index (χ1v) is 15.2. The van der Waals surface area contributed by atoms with Gasteiger partial charge in [0.05, 0.1) is 32.1 Å². The minimum absolute atomic E-state index is 0.102. The minimum Gasteiger partial charge on any atom is -0.497 e. The van der Waals surface area contributed by atoms with Gasteiger partial charge >= 0.3 is 6.09 Å². The normalized spacial score (nSPS) is 22.3. The van der Waals surface area contributed by atoms with E-state index in [9.17, 15) is 18.0 Å². The summed E-state index contributed by atoms with van der Waals surface area (Å²) in [4.78, 5) is 26.7. The highest BCUT2D eigenvalue weighted by atomic mass is 32.2. The van der Waals surface area contributed by atoms with E-state index in [0.29, 0.717) is 37.9 Å². The van der Waals surface area contributed by atoms with Gasteiger partial charge in [0.1, 0.15) is 18.1 Å². The zero-order valence-corrected chi connectivity index (χ0v) is 23.6. The lowest BCUT2D eigenvalue weighted by Crippen LogP contribution is -2.51. The number of nitrogens with zero attached hydrogens (tertiary/aromatic N) is 2. The van der Waals surface area contributed by atoms with Crippen molar-refractivity contribution < 1.29 is 32.2 Å². The van der Waals surface area contributed by atoms with Crippen LogP contribution in [0.4, 0.5) is 4.79 Å². The Labute approximate surface area is 231 Å². The van der Waals surface area contributed by atoms with Gasteiger partial charge in [-0.25, -0.2) is 13.2 Å². The molecular weight excluding hydrogens is 520 g/mol. The van der Waals surface area contributed by atoms with E-state index in [1.54, 1.807) is 24.1 Å². The molecule has 10 heteroatoms. The molecule has 2 aromatic carbocycles. The van der Waals surface area contributed by atoms with E-state index in [-0.39, 0.29) is 37.7 Å². The monoisotopic (exact) mass is 558 g/mol. The van der Waals surface area contributed by atoms with Crippen molar-refractivity contribution in [3.05, 3.63) is 65.7 Å². The highest BCUT2D eigenvalue weighted by Crippen LogP contribution is 2.33. The SMILES string of the molecule is COc1ccc(CN([C@H]2C[C@@H](C)N(C(=O)OCc3ccccc3)[C@H]2COC2CCC(=O)CC2)S(C)(=O)=O)cc1. The second-order valence-corrected chi connectivity index (χ2v) is 12.3. The third kappa shape index (κ3) is 7.58. The van der Waals surface area contributed by atoms with Gasteiger partial charge in [0.25, 0.3) is 0 Å². The van der Waals surface area contributed by atoms with Crippen LogP contribution in [0, 0.1) is 0 Å². The lowest BCUT2D eigenvalue weighted by molar-refractivity contribution is -0.123. The molecule has 1 heterocycles. The van der Waals surface area contributed by atoms with Crippen LogP contribution in [0.5, 0.6) is 5.75 Å². The van der Waals surface area contributed by atoms with Gasteiger partial charge in [-0.05, 0) is 49.4 Å². The first kappa shape index (κ1) is 29.0. The summed E-state index contributed by atoms with van der Waals surface area (Å²) in [6, 6.07) is 15.4. The number of ether oxygens (including phenoxy) is 3. The number of benzene rings is 2. The third-order valence-electron chi connectivity index (χ3n) is 7.56. The number of sulfonamides is 1. The average Bonchev–Trinajstić information content (AvgIpc) is 3.25. The van der Waals surface area contributed by atoms with Crippen LogP contribution in [-0.2, 0) is 37.4 Å². The van der Waals surface area contributed by atoms with Crippen molar-refractivity contribution in [3.8, 4) is 5.75 Å². The Kier molecular flexibility index (Phi) is 9.63. The molecule has 0 bridgehead atoms. The van der Waals surface area contributed by atoms with Gasteiger partial charge in [0.2, 0.25) is 10.0 Å². The van der Waals surface area contributed by atoms with E-state index in [1.807, 2.05) is 49.4 Å². The summed E-state index contributed by atoms with van der Waals surface area (Å²) in [5.74, 6) is 0.916. The number of likely N-dealkylation sites (tertiary alicyclic amines) is 1. The van der Waals surface area contributed by atoms with Crippen molar-refractivity contribution in [2.24, 2.45) is 0 Å². The maximum Gasteiger partial charge on any atom is 0.410 e. The largest absolute Gasteiger partial charge is 0.497 e. The Morgan fingerprint density at radius 3 is 2.31 bits per heavy atom. The lowest BCUT2D eigenvalue weighted by Gasteiger charge is -2.35. The summed E-state index contributed by atoms with van der Waals surface area (Å²) >= 11 is 0. The Morgan fingerprint density at radius 2 is 1.69 bits per heavy atom. The third-order valence-corrected chi connectivity index (χ3v) is 8.81. The number of carbonyl (C=O) groups excluding carboxylic acids is 2. The molecule has 0 unspecified atom stereocenters. The molecule has 0 N–H and O–H groups in total. The van der Waals surface area contributed by atoms with Crippen LogP contribution in [0.15, 0.2) is 54.6 Å². The number of rotatable bonds is 10. The molecule has 1 saturated carbocycles. The van der Waals surface area contributed by atoms with Crippen LogP contribution in [0.25, 0.3) is 0 Å². The summed E-state index contributed by atoms with van der Waals surface area (Å²) in [5.41, 5.74) is 1.68. The van der Waals surface area contributed by atoms with Gasteiger partial charge in [-0.15, -0.1) is 0 Å². The molecule has 0 spiro atoms. The molecule has 39 heavy (non-hydrogen) atoms. The number of amides is 1. The predicted molar refractivity (Wildman–Crippen MR) is 147 cm³/mol. The molecule has 4 rings (SSSR count). The van der Waals surface area contributed by atoms with Gasteiger partial charge < -0.3 is 14.2 Å². The van der Waals surface area contributed by atoms with Gasteiger partial charge in [0, 0.05) is 31.5 Å². The van der Waals surface area contributed by atoms with Crippen molar-refractivity contribution in [1.82, 2.24) is 9.21 Å². The molecule has 2 aliphatic rings. The standard InChI is InChI=1S/C29H38N2O7S/c1-21-17-27(30(39(3,34)35)18-22-9-13-25(36-2)14-10-22)28(20-37-26-15-11-24(32)12-16-26)31(21)29(33)38-19-23-7-5-4-6-8-23/h4-10,13-14,21,26-28H,11-12,15-20H2,1-3H3/t21-,27+,28+/m1/s1. The van der Waals surface area contributed by atoms with Gasteiger partial charge in [-0.3, -0.25) is 9.69 Å². The topological polar surface area (TPSA) is 102 Å². The molecule has 0 aromatic heterocycles.